The molecule has 1 aromatic carbocycles. The van der Waals surface area contributed by atoms with Gasteiger partial charge in [-0.15, -0.1) is 0 Å². The molecule has 0 bridgehead atoms. The second-order valence-corrected chi connectivity index (χ2v) is 4.42. The molecule has 0 radical (unpaired) electrons. The van der Waals surface area contributed by atoms with Crippen LogP contribution in [0.5, 0.6) is 5.75 Å². The van der Waals surface area contributed by atoms with Crippen LogP contribution in [0.3, 0.4) is 0 Å². The van der Waals surface area contributed by atoms with Crippen LogP contribution in [0, 0.1) is 0 Å². The number of phenols is 1. The SMILES string of the molecule is COC1=C(Cc2cc(Cl)ccc2O)C(=O)CC1. The van der Waals surface area contributed by atoms with Gasteiger partial charge in [-0.3, -0.25) is 4.79 Å². The maximum Gasteiger partial charge on any atom is 0.163 e. The van der Waals surface area contributed by atoms with Gasteiger partial charge in [0.2, 0.25) is 0 Å². The number of halogens is 1. The number of benzene rings is 1. The van der Waals surface area contributed by atoms with E-state index in [0.29, 0.717) is 35.4 Å². The highest BCUT2D eigenvalue weighted by atomic mass is 35.5. The number of carbonyl (C=O) groups is 1. The molecule has 1 aliphatic rings. The lowest BCUT2D eigenvalue weighted by atomic mass is 10.0. The average Bonchev–Trinajstić information content (AvgIpc) is 2.65. The van der Waals surface area contributed by atoms with Crippen molar-refractivity contribution in [1.29, 1.82) is 0 Å². The maximum absolute atomic E-state index is 11.7. The molecule has 0 unspecified atom stereocenters. The molecule has 1 aliphatic carbocycles. The number of Topliss-reactive ketones (excluding diaryl/α,β-unsaturated/α-hetero) is 1. The van der Waals surface area contributed by atoms with Crippen LogP contribution in [0.4, 0.5) is 0 Å². The minimum atomic E-state index is 0.0845. The van der Waals surface area contributed by atoms with Crippen molar-refractivity contribution in [3.63, 3.8) is 0 Å². The van der Waals surface area contributed by atoms with Crippen molar-refractivity contribution in [2.75, 3.05) is 7.11 Å². The topological polar surface area (TPSA) is 46.5 Å². The van der Waals surface area contributed by atoms with Crippen LogP contribution in [0.2, 0.25) is 5.02 Å². The predicted molar refractivity (Wildman–Crippen MR) is 65.1 cm³/mol. The largest absolute Gasteiger partial charge is 0.508 e. The fourth-order valence-electron chi connectivity index (χ4n) is 1.99. The van der Waals surface area contributed by atoms with Gasteiger partial charge in [0.15, 0.2) is 5.78 Å². The zero-order chi connectivity index (χ0) is 12.4. The first-order valence-electron chi connectivity index (χ1n) is 5.38. The molecule has 0 amide bonds. The lowest BCUT2D eigenvalue weighted by molar-refractivity contribution is -0.115. The first-order chi connectivity index (χ1) is 8.11. The van der Waals surface area contributed by atoms with Crippen molar-refractivity contribution in [2.24, 2.45) is 0 Å². The summed E-state index contributed by atoms with van der Waals surface area (Å²) in [4.78, 5) is 11.7. The van der Waals surface area contributed by atoms with Crippen LogP contribution in [-0.4, -0.2) is 18.0 Å². The molecule has 17 heavy (non-hydrogen) atoms. The zero-order valence-electron chi connectivity index (χ0n) is 9.50. The number of ketones is 1. The van der Waals surface area contributed by atoms with Gasteiger partial charge < -0.3 is 9.84 Å². The minimum Gasteiger partial charge on any atom is -0.508 e. The molecular weight excluding hydrogens is 240 g/mol. The Morgan fingerprint density at radius 1 is 1.41 bits per heavy atom. The third-order valence-electron chi connectivity index (χ3n) is 2.91. The fraction of sp³-hybridized carbons (Fsp3) is 0.308. The highest BCUT2D eigenvalue weighted by molar-refractivity contribution is 6.30. The Kier molecular flexibility index (Phi) is 3.38. The van der Waals surface area contributed by atoms with Crippen LogP contribution in [0.1, 0.15) is 18.4 Å². The normalized spacial score (nSPS) is 15.5. The van der Waals surface area contributed by atoms with Crippen molar-refractivity contribution in [3.8, 4) is 5.75 Å². The van der Waals surface area contributed by atoms with E-state index in [9.17, 15) is 9.90 Å². The van der Waals surface area contributed by atoms with Crippen molar-refractivity contribution in [2.45, 2.75) is 19.3 Å². The second kappa shape index (κ2) is 4.80. The summed E-state index contributed by atoms with van der Waals surface area (Å²) in [5, 5.41) is 10.3. The molecule has 0 heterocycles. The third kappa shape index (κ3) is 2.44. The van der Waals surface area contributed by atoms with Crippen LogP contribution in [0.25, 0.3) is 0 Å². The highest BCUT2D eigenvalue weighted by Crippen LogP contribution is 2.30. The van der Waals surface area contributed by atoms with Gasteiger partial charge in [-0.2, -0.15) is 0 Å². The van der Waals surface area contributed by atoms with Crippen LogP contribution in [-0.2, 0) is 16.0 Å². The molecule has 0 spiro atoms. The number of ether oxygens (including phenoxy) is 1. The number of hydrogen-bond acceptors (Lipinski definition) is 3. The summed E-state index contributed by atoms with van der Waals surface area (Å²) in [6.45, 7) is 0. The Balaban J connectivity index is 2.31. The Hall–Kier alpha value is -1.48. The first-order valence-corrected chi connectivity index (χ1v) is 5.76. The van der Waals surface area contributed by atoms with Crippen molar-refractivity contribution >= 4 is 17.4 Å². The molecule has 0 saturated heterocycles. The van der Waals surface area contributed by atoms with Crippen molar-refractivity contribution < 1.29 is 14.6 Å². The number of aromatic hydroxyl groups is 1. The summed E-state index contributed by atoms with van der Waals surface area (Å²) >= 11 is 5.87. The molecule has 3 nitrogen and oxygen atoms in total. The van der Waals surface area contributed by atoms with Gasteiger partial charge in [-0.25, -0.2) is 0 Å². The summed E-state index contributed by atoms with van der Waals surface area (Å²) in [6, 6.07) is 4.81. The van der Waals surface area contributed by atoms with Gasteiger partial charge in [0, 0.05) is 29.9 Å². The van der Waals surface area contributed by atoms with E-state index < -0.39 is 0 Å². The molecular formula is C13H13ClO3. The molecule has 1 aromatic rings. The monoisotopic (exact) mass is 252 g/mol. The van der Waals surface area contributed by atoms with Gasteiger partial charge >= 0.3 is 0 Å². The molecule has 0 atom stereocenters. The lowest BCUT2D eigenvalue weighted by Crippen LogP contribution is -2.01. The maximum atomic E-state index is 11.7. The Morgan fingerprint density at radius 3 is 2.88 bits per heavy atom. The van der Waals surface area contributed by atoms with E-state index >= 15 is 0 Å². The van der Waals surface area contributed by atoms with E-state index in [1.165, 1.54) is 6.07 Å². The highest BCUT2D eigenvalue weighted by Gasteiger charge is 2.24. The first kappa shape index (κ1) is 12.0. The Morgan fingerprint density at radius 2 is 2.18 bits per heavy atom. The summed E-state index contributed by atoms with van der Waals surface area (Å²) < 4.78 is 5.18. The third-order valence-corrected chi connectivity index (χ3v) is 3.14. The van der Waals surface area contributed by atoms with Gasteiger partial charge in [0.05, 0.1) is 7.11 Å². The zero-order valence-corrected chi connectivity index (χ0v) is 10.3. The number of carbonyl (C=O) groups excluding carboxylic acids is 1. The fourth-order valence-corrected chi connectivity index (χ4v) is 2.19. The van der Waals surface area contributed by atoms with Crippen LogP contribution in [0.15, 0.2) is 29.5 Å². The van der Waals surface area contributed by atoms with E-state index in [0.717, 1.165) is 5.76 Å². The molecule has 90 valence electrons. The molecule has 0 saturated carbocycles. The second-order valence-electron chi connectivity index (χ2n) is 3.98. The molecule has 0 fully saturated rings. The number of rotatable bonds is 3. The average molecular weight is 253 g/mol. The predicted octanol–water partition coefficient (Wildman–Crippen LogP) is 2.85. The molecule has 0 aliphatic heterocycles. The van der Waals surface area contributed by atoms with E-state index in [-0.39, 0.29) is 11.5 Å². The van der Waals surface area contributed by atoms with Gasteiger partial charge in [0.1, 0.15) is 11.5 Å². The molecule has 4 heteroatoms. The van der Waals surface area contributed by atoms with Crippen LogP contribution < -0.4 is 0 Å². The van der Waals surface area contributed by atoms with Gasteiger partial charge in [-0.05, 0) is 23.8 Å². The number of hydrogen-bond donors (Lipinski definition) is 1. The standard InChI is InChI=1S/C13H13ClO3/c1-17-13-5-4-12(16)10(13)7-8-6-9(14)2-3-11(8)15/h2-3,6,15H,4-5,7H2,1H3. The summed E-state index contributed by atoms with van der Waals surface area (Å²) in [7, 11) is 1.56. The molecule has 1 N–H and O–H groups in total. The number of phenolic OH excluding ortho intramolecular Hbond substituents is 1. The van der Waals surface area contributed by atoms with Crippen molar-refractivity contribution in [1.82, 2.24) is 0 Å². The summed E-state index contributed by atoms with van der Waals surface area (Å²) in [5.74, 6) is 0.952. The smallest absolute Gasteiger partial charge is 0.163 e. The Bertz CT molecular complexity index is 491. The Labute approximate surface area is 105 Å². The van der Waals surface area contributed by atoms with Gasteiger partial charge in [0.25, 0.3) is 0 Å². The summed E-state index contributed by atoms with van der Waals surface area (Å²) in [6.07, 6.45) is 1.50. The van der Waals surface area contributed by atoms with E-state index in [1.807, 2.05) is 0 Å². The number of allylic oxidation sites excluding steroid dienone is 2. The quantitative estimate of drug-likeness (QED) is 0.900. The molecule has 0 aromatic heterocycles. The minimum absolute atomic E-state index is 0.0845. The van der Waals surface area contributed by atoms with Gasteiger partial charge in [-0.1, -0.05) is 11.6 Å². The van der Waals surface area contributed by atoms with Crippen molar-refractivity contribution in [3.05, 3.63) is 40.1 Å². The van der Waals surface area contributed by atoms with E-state index in [2.05, 4.69) is 0 Å². The lowest BCUT2D eigenvalue weighted by Gasteiger charge is -2.07. The van der Waals surface area contributed by atoms with E-state index in [4.69, 9.17) is 16.3 Å². The summed E-state index contributed by atoms with van der Waals surface area (Å²) in [5.41, 5.74) is 1.29. The van der Waals surface area contributed by atoms with Crippen LogP contribution >= 0.6 is 11.6 Å². The van der Waals surface area contributed by atoms with E-state index in [1.54, 1.807) is 19.2 Å². The number of methoxy groups -OCH3 is 1. The molecule has 2 rings (SSSR count).